The normalized spacial score (nSPS) is 18.0. The lowest BCUT2D eigenvalue weighted by Gasteiger charge is -2.25. The molecule has 30 heavy (non-hydrogen) atoms. The summed E-state index contributed by atoms with van der Waals surface area (Å²) in [7, 11) is 0. The standard InChI is InChI=1S/C26H34N4.H2/c1-20(25-27-12-13-28-25)17-23-9-6-10-24(19-23)18-21(2)26-29-14-16-30(26)15-11-22-7-4-3-5-8-22;/h3-10,19-21H,11-18H2,1-2H3,(H,27,28);1H/t20?,21-;/m0./s1. The average Bonchev–Trinajstić information content (AvgIpc) is 3.45. The summed E-state index contributed by atoms with van der Waals surface area (Å²) < 4.78 is 0. The number of benzene rings is 2. The summed E-state index contributed by atoms with van der Waals surface area (Å²) in [6, 6.07) is 19.9. The van der Waals surface area contributed by atoms with E-state index in [1.807, 2.05) is 0 Å². The molecule has 0 saturated carbocycles. The third-order valence-electron chi connectivity index (χ3n) is 6.16. The molecule has 2 aliphatic heterocycles. The fourth-order valence-electron chi connectivity index (χ4n) is 4.63. The van der Waals surface area contributed by atoms with Crippen molar-refractivity contribution < 1.29 is 1.43 Å². The maximum absolute atomic E-state index is 4.87. The minimum atomic E-state index is 0. The van der Waals surface area contributed by atoms with Crippen molar-refractivity contribution in [3.8, 4) is 0 Å². The van der Waals surface area contributed by atoms with E-state index in [0.717, 1.165) is 52.0 Å². The van der Waals surface area contributed by atoms with Gasteiger partial charge in [-0.25, -0.2) is 0 Å². The number of hydrogen-bond donors (Lipinski definition) is 1. The van der Waals surface area contributed by atoms with E-state index in [2.05, 4.69) is 83.7 Å². The molecule has 0 radical (unpaired) electrons. The van der Waals surface area contributed by atoms with E-state index in [0.29, 0.717) is 11.8 Å². The minimum absolute atomic E-state index is 0. The van der Waals surface area contributed by atoms with Crippen LogP contribution in [0.5, 0.6) is 0 Å². The lowest BCUT2D eigenvalue weighted by molar-refractivity contribution is 0.438. The molecule has 2 aromatic rings. The van der Waals surface area contributed by atoms with E-state index in [4.69, 9.17) is 4.99 Å². The summed E-state index contributed by atoms with van der Waals surface area (Å²) >= 11 is 0. The number of aliphatic imine (C=N–C) groups is 2. The molecule has 4 heteroatoms. The number of hydrogen-bond acceptors (Lipinski definition) is 4. The molecule has 2 atom stereocenters. The molecule has 0 saturated heterocycles. The summed E-state index contributed by atoms with van der Waals surface area (Å²) in [5, 5.41) is 3.42. The zero-order valence-corrected chi connectivity index (χ0v) is 18.3. The van der Waals surface area contributed by atoms with Crippen LogP contribution in [0.1, 0.15) is 32.0 Å². The number of nitrogens with one attached hydrogen (secondary N) is 1. The maximum atomic E-state index is 4.87. The van der Waals surface area contributed by atoms with E-state index in [9.17, 15) is 0 Å². The van der Waals surface area contributed by atoms with E-state index < -0.39 is 0 Å². The van der Waals surface area contributed by atoms with Gasteiger partial charge >= 0.3 is 0 Å². The Balaban J connectivity index is 0.00000272. The first-order valence-corrected chi connectivity index (χ1v) is 11.4. The Labute approximate surface area is 182 Å². The van der Waals surface area contributed by atoms with Crippen molar-refractivity contribution >= 4 is 11.7 Å². The van der Waals surface area contributed by atoms with Crippen LogP contribution in [0, 0.1) is 11.8 Å². The first kappa shape index (κ1) is 20.6. The molecule has 2 heterocycles. The third-order valence-corrected chi connectivity index (χ3v) is 6.16. The smallest absolute Gasteiger partial charge is 0.102 e. The monoisotopic (exact) mass is 404 g/mol. The second kappa shape index (κ2) is 9.92. The predicted molar refractivity (Wildman–Crippen MR) is 129 cm³/mol. The Morgan fingerprint density at radius 2 is 1.63 bits per heavy atom. The first-order chi connectivity index (χ1) is 14.7. The molecule has 2 aromatic carbocycles. The van der Waals surface area contributed by atoms with Gasteiger partial charge in [0.15, 0.2) is 0 Å². The zero-order valence-electron chi connectivity index (χ0n) is 18.3. The molecule has 1 N–H and O–H groups in total. The van der Waals surface area contributed by atoms with Gasteiger partial charge in [-0.15, -0.1) is 0 Å². The van der Waals surface area contributed by atoms with Crippen LogP contribution in [0.2, 0.25) is 0 Å². The number of rotatable bonds is 9. The van der Waals surface area contributed by atoms with Gasteiger partial charge in [-0.1, -0.05) is 68.4 Å². The van der Waals surface area contributed by atoms with Gasteiger partial charge in [0.1, 0.15) is 5.84 Å². The highest BCUT2D eigenvalue weighted by Gasteiger charge is 2.22. The lowest BCUT2D eigenvalue weighted by Crippen LogP contribution is -2.34. The van der Waals surface area contributed by atoms with Crippen LogP contribution in [-0.4, -0.2) is 49.3 Å². The third kappa shape index (κ3) is 5.29. The average molecular weight is 405 g/mol. The van der Waals surface area contributed by atoms with Gasteiger partial charge in [0.25, 0.3) is 0 Å². The largest absolute Gasteiger partial charge is 0.372 e. The first-order valence-electron chi connectivity index (χ1n) is 11.4. The maximum Gasteiger partial charge on any atom is 0.102 e. The van der Waals surface area contributed by atoms with Gasteiger partial charge in [-0.05, 0) is 36.0 Å². The molecular formula is C26H36N4. The van der Waals surface area contributed by atoms with Gasteiger partial charge in [0.05, 0.1) is 18.9 Å². The van der Waals surface area contributed by atoms with Crippen molar-refractivity contribution in [1.29, 1.82) is 0 Å². The van der Waals surface area contributed by atoms with Gasteiger partial charge in [-0.2, -0.15) is 0 Å². The van der Waals surface area contributed by atoms with E-state index in [1.165, 1.54) is 28.4 Å². The molecule has 0 aromatic heterocycles. The summed E-state index contributed by atoms with van der Waals surface area (Å²) in [5.74, 6) is 3.35. The second-order valence-electron chi connectivity index (χ2n) is 8.69. The SMILES string of the molecule is CC(Cc1cccc(C[C@H](C)C2=NCCN2CCc2ccccc2)c1)C1=NCCN1.[HH]. The van der Waals surface area contributed by atoms with Crippen LogP contribution < -0.4 is 5.32 Å². The Kier molecular flexibility index (Phi) is 6.83. The Hall–Kier alpha value is -2.62. The highest BCUT2D eigenvalue weighted by Crippen LogP contribution is 2.19. The van der Waals surface area contributed by atoms with E-state index in [-0.39, 0.29) is 1.43 Å². The zero-order chi connectivity index (χ0) is 20.8. The molecule has 0 aliphatic carbocycles. The van der Waals surface area contributed by atoms with E-state index >= 15 is 0 Å². The van der Waals surface area contributed by atoms with Crippen molar-refractivity contribution in [3.63, 3.8) is 0 Å². The molecule has 2 aliphatic rings. The van der Waals surface area contributed by atoms with Gasteiger partial charge < -0.3 is 10.2 Å². The molecule has 0 amide bonds. The van der Waals surface area contributed by atoms with Gasteiger partial charge in [0, 0.05) is 32.9 Å². The molecule has 4 rings (SSSR count). The summed E-state index contributed by atoms with van der Waals surface area (Å²) in [6.07, 6.45) is 3.16. The molecule has 160 valence electrons. The summed E-state index contributed by atoms with van der Waals surface area (Å²) in [4.78, 5) is 11.9. The van der Waals surface area contributed by atoms with Crippen LogP contribution in [-0.2, 0) is 19.3 Å². The van der Waals surface area contributed by atoms with Crippen LogP contribution >= 0.6 is 0 Å². The topological polar surface area (TPSA) is 40.0 Å². The van der Waals surface area contributed by atoms with Crippen molar-refractivity contribution in [2.45, 2.75) is 33.1 Å². The fraction of sp³-hybridized carbons (Fsp3) is 0.462. The lowest BCUT2D eigenvalue weighted by atomic mass is 9.94. The van der Waals surface area contributed by atoms with Gasteiger partial charge in [-0.3, -0.25) is 9.98 Å². The molecule has 1 unspecified atom stereocenters. The number of amidine groups is 2. The van der Waals surface area contributed by atoms with Crippen molar-refractivity contribution in [1.82, 2.24) is 10.2 Å². The quantitative estimate of drug-likeness (QED) is 0.679. The van der Waals surface area contributed by atoms with Crippen molar-refractivity contribution in [3.05, 3.63) is 71.3 Å². The van der Waals surface area contributed by atoms with Crippen LogP contribution in [0.4, 0.5) is 0 Å². The molecular weight excluding hydrogens is 368 g/mol. The number of nitrogens with zero attached hydrogens (tertiary/aromatic N) is 3. The molecule has 4 nitrogen and oxygen atoms in total. The Bertz CT molecular complexity index is 893. The summed E-state index contributed by atoms with van der Waals surface area (Å²) in [5.41, 5.74) is 4.21. The summed E-state index contributed by atoms with van der Waals surface area (Å²) in [6.45, 7) is 9.54. The van der Waals surface area contributed by atoms with Crippen molar-refractivity contribution in [2.24, 2.45) is 21.8 Å². The van der Waals surface area contributed by atoms with E-state index in [1.54, 1.807) is 0 Å². The van der Waals surface area contributed by atoms with Crippen LogP contribution in [0.3, 0.4) is 0 Å². The second-order valence-corrected chi connectivity index (χ2v) is 8.69. The highest BCUT2D eigenvalue weighted by molar-refractivity contribution is 5.86. The van der Waals surface area contributed by atoms with Crippen LogP contribution in [0.15, 0.2) is 64.6 Å². The molecule has 0 fully saturated rings. The minimum Gasteiger partial charge on any atom is -0.372 e. The van der Waals surface area contributed by atoms with Gasteiger partial charge in [0.2, 0.25) is 0 Å². The Morgan fingerprint density at radius 1 is 0.900 bits per heavy atom. The Morgan fingerprint density at radius 3 is 2.37 bits per heavy atom. The highest BCUT2D eigenvalue weighted by atomic mass is 15.2. The van der Waals surface area contributed by atoms with Crippen molar-refractivity contribution in [2.75, 3.05) is 32.7 Å². The van der Waals surface area contributed by atoms with Crippen LogP contribution in [0.25, 0.3) is 0 Å². The predicted octanol–water partition coefficient (Wildman–Crippen LogP) is 4.25. The molecule has 0 bridgehead atoms. The fourth-order valence-corrected chi connectivity index (χ4v) is 4.63. The molecule has 0 spiro atoms.